The minimum absolute atomic E-state index is 0.290. The second-order valence-electron chi connectivity index (χ2n) is 6.86. The maximum atomic E-state index is 13.7. The number of anilines is 1. The van der Waals surface area contributed by atoms with Crippen LogP contribution in [0.4, 0.5) is 10.1 Å². The Labute approximate surface area is 174 Å². The van der Waals surface area contributed by atoms with E-state index in [9.17, 15) is 9.18 Å². The molecule has 1 aromatic heterocycles. The number of halogens is 1. The molecule has 0 fully saturated rings. The second kappa shape index (κ2) is 8.33. The average molecular weight is 400 g/mol. The molecule has 150 valence electrons. The smallest absolute Gasteiger partial charge is 0.338 e. The first-order chi connectivity index (χ1) is 14.6. The van der Waals surface area contributed by atoms with Crippen molar-refractivity contribution in [1.29, 1.82) is 0 Å². The van der Waals surface area contributed by atoms with Gasteiger partial charge in [0, 0.05) is 28.7 Å². The predicted octanol–water partition coefficient (Wildman–Crippen LogP) is 5.93. The number of hydrogen-bond acceptors (Lipinski definition) is 4. The van der Waals surface area contributed by atoms with Crippen LogP contribution in [0.25, 0.3) is 33.3 Å². The first-order valence-corrected chi connectivity index (χ1v) is 9.73. The van der Waals surface area contributed by atoms with Crippen LogP contribution in [0.1, 0.15) is 17.3 Å². The summed E-state index contributed by atoms with van der Waals surface area (Å²) in [5.74, 6) is -0.948. The minimum Gasteiger partial charge on any atom is -0.465 e. The van der Waals surface area contributed by atoms with E-state index in [1.165, 1.54) is 19.2 Å². The van der Waals surface area contributed by atoms with Gasteiger partial charge in [-0.2, -0.15) is 0 Å². The van der Waals surface area contributed by atoms with E-state index in [0.29, 0.717) is 22.2 Å². The van der Waals surface area contributed by atoms with Gasteiger partial charge in [-0.15, -0.1) is 0 Å². The number of hydrogen-bond donors (Lipinski definition) is 1. The summed E-state index contributed by atoms with van der Waals surface area (Å²) in [6, 6.07) is 22.0. The molecule has 0 radical (unpaired) electrons. The molecule has 4 aromatic rings. The third kappa shape index (κ3) is 3.74. The van der Waals surface area contributed by atoms with Crippen molar-refractivity contribution in [3.63, 3.8) is 0 Å². The summed E-state index contributed by atoms with van der Waals surface area (Å²) in [6.07, 6.45) is 0. The molecule has 30 heavy (non-hydrogen) atoms. The fraction of sp³-hybridized carbons (Fsp3) is 0.120. The van der Waals surface area contributed by atoms with Crippen molar-refractivity contribution in [3.05, 3.63) is 84.2 Å². The van der Waals surface area contributed by atoms with E-state index in [0.717, 1.165) is 28.9 Å². The number of rotatable bonds is 5. The van der Waals surface area contributed by atoms with Gasteiger partial charge in [0.2, 0.25) is 0 Å². The topological polar surface area (TPSA) is 51.2 Å². The van der Waals surface area contributed by atoms with E-state index >= 15 is 0 Å². The number of para-hydroxylation sites is 1. The number of carbonyl (C=O) groups is 1. The first kappa shape index (κ1) is 19.6. The van der Waals surface area contributed by atoms with Gasteiger partial charge < -0.3 is 10.1 Å². The summed E-state index contributed by atoms with van der Waals surface area (Å²) in [4.78, 5) is 16.9. The van der Waals surface area contributed by atoms with Gasteiger partial charge in [-0.25, -0.2) is 14.2 Å². The summed E-state index contributed by atoms with van der Waals surface area (Å²) in [6.45, 7) is 2.91. The monoisotopic (exact) mass is 400 g/mol. The van der Waals surface area contributed by atoms with Gasteiger partial charge >= 0.3 is 5.97 Å². The first-order valence-electron chi connectivity index (χ1n) is 9.73. The predicted molar refractivity (Wildman–Crippen MR) is 118 cm³/mol. The number of ether oxygens (including phenoxy) is 1. The SMILES string of the molecule is CCNc1ccccc1-c1ccc(-c2cc(C(=O)OC)c3cc(F)ccc3n2)cc1. The van der Waals surface area contributed by atoms with Crippen molar-refractivity contribution in [2.75, 3.05) is 19.0 Å². The number of aromatic nitrogens is 1. The molecule has 1 N–H and O–H groups in total. The molecule has 0 aliphatic rings. The Morgan fingerprint density at radius 3 is 2.47 bits per heavy atom. The van der Waals surface area contributed by atoms with Gasteiger partial charge in [0.15, 0.2) is 0 Å². The summed E-state index contributed by atoms with van der Waals surface area (Å²) in [5, 5.41) is 3.81. The van der Waals surface area contributed by atoms with Gasteiger partial charge in [-0.3, -0.25) is 0 Å². The van der Waals surface area contributed by atoms with Crippen LogP contribution in [-0.4, -0.2) is 24.6 Å². The number of fused-ring (bicyclic) bond motifs is 1. The molecule has 5 heteroatoms. The third-order valence-electron chi connectivity index (χ3n) is 4.96. The van der Waals surface area contributed by atoms with Gasteiger partial charge in [0.1, 0.15) is 5.82 Å². The van der Waals surface area contributed by atoms with E-state index in [-0.39, 0.29) is 0 Å². The third-order valence-corrected chi connectivity index (χ3v) is 4.96. The van der Waals surface area contributed by atoms with Crippen LogP contribution in [0.2, 0.25) is 0 Å². The summed E-state index contributed by atoms with van der Waals surface area (Å²) in [5.41, 5.74) is 5.58. The molecule has 4 nitrogen and oxygen atoms in total. The van der Waals surface area contributed by atoms with Gasteiger partial charge in [-0.05, 0) is 42.8 Å². The Kier molecular flexibility index (Phi) is 5.44. The zero-order valence-corrected chi connectivity index (χ0v) is 16.8. The van der Waals surface area contributed by atoms with Crippen LogP contribution in [-0.2, 0) is 4.74 Å². The van der Waals surface area contributed by atoms with E-state index in [2.05, 4.69) is 29.4 Å². The molecule has 0 saturated carbocycles. The second-order valence-corrected chi connectivity index (χ2v) is 6.86. The van der Waals surface area contributed by atoms with Crippen molar-refractivity contribution >= 4 is 22.6 Å². The largest absolute Gasteiger partial charge is 0.465 e. The van der Waals surface area contributed by atoms with Crippen LogP contribution in [0, 0.1) is 5.82 Å². The lowest BCUT2D eigenvalue weighted by atomic mass is 9.99. The normalized spacial score (nSPS) is 10.8. The lowest BCUT2D eigenvalue weighted by Crippen LogP contribution is -2.04. The van der Waals surface area contributed by atoms with E-state index in [4.69, 9.17) is 4.74 Å². The summed E-state index contributed by atoms with van der Waals surface area (Å²) >= 11 is 0. The average Bonchev–Trinajstić information content (AvgIpc) is 2.78. The quantitative estimate of drug-likeness (QED) is 0.422. The van der Waals surface area contributed by atoms with Crippen molar-refractivity contribution in [1.82, 2.24) is 4.98 Å². The van der Waals surface area contributed by atoms with Gasteiger partial charge in [0.05, 0.1) is 23.9 Å². The molecule has 0 unspecified atom stereocenters. The minimum atomic E-state index is -0.523. The maximum Gasteiger partial charge on any atom is 0.338 e. The van der Waals surface area contributed by atoms with Gasteiger partial charge in [0.25, 0.3) is 0 Å². The molecular weight excluding hydrogens is 379 g/mol. The molecule has 4 rings (SSSR count). The standard InChI is InChI=1S/C25H21FN2O2/c1-3-27-22-7-5-4-6-19(22)16-8-10-17(11-9-16)24-15-21(25(29)30-2)20-14-18(26)12-13-23(20)28-24/h4-15,27H,3H2,1-2H3. The molecule has 0 aliphatic carbocycles. The Morgan fingerprint density at radius 1 is 1.00 bits per heavy atom. The number of methoxy groups -OCH3 is 1. The molecule has 0 spiro atoms. The number of nitrogens with zero attached hydrogens (tertiary/aromatic N) is 1. The molecule has 0 aliphatic heterocycles. The van der Waals surface area contributed by atoms with Crippen LogP contribution < -0.4 is 5.32 Å². The molecule has 3 aromatic carbocycles. The van der Waals surface area contributed by atoms with Crippen LogP contribution >= 0.6 is 0 Å². The van der Waals surface area contributed by atoms with Gasteiger partial charge in [-0.1, -0.05) is 42.5 Å². The molecular formula is C25H21FN2O2. The number of benzene rings is 3. The Hall–Kier alpha value is -3.73. The van der Waals surface area contributed by atoms with E-state index < -0.39 is 11.8 Å². The Balaban J connectivity index is 1.78. The van der Waals surface area contributed by atoms with Crippen LogP contribution in [0.5, 0.6) is 0 Å². The highest BCUT2D eigenvalue weighted by molar-refractivity contribution is 6.04. The zero-order chi connectivity index (χ0) is 21.1. The Bertz CT molecular complexity index is 1220. The summed E-state index contributed by atoms with van der Waals surface area (Å²) in [7, 11) is 1.31. The van der Waals surface area contributed by atoms with E-state index in [1.807, 2.05) is 36.4 Å². The Morgan fingerprint density at radius 2 is 1.73 bits per heavy atom. The lowest BCUT2D eigenvalue weighted by molar-refractivity contribution is 0.0603. The van der Waals surface area contributed by atoms with Crippen molar-refractivity contribution in [2.24, 2.45) is 0 Å². The highest BCUT2D eigenvalue weighted by Crippen LogP contribution is 2.31. The molecule has 0 saturated heterocycles. The van der Waals surface area contributed by atoms with Crippen LogP contribution in [0.3, 0.4) is 0 Å². The molecule has 0 amide bonds. The number of nitrogens with one attached hydrogen (secondary N) is 1. The number of pyridine rings is 1. The zero-order valence-electron chi connectivity index (χ0n) is 16.8. The number of esters is 1. The lowest BCUT2D eigenvalue weighted by Gasteiger charge is -2.12. The highest BCUT2D eigenvalue weighted by Gasteiger charge is 2.15. The maximum absolute atomic E-state index is 13.7. The van der Waals surface area contributed by atoms with Crippen molar-refractivity contribution in [3.8, 4) is 22.4 Å². The fourth-order valence-electron chi connectivity index (χ4n) is 3.52. The van der Waals surface area contributed by atoms with Crippen molar-refractivity contribution < 1.29 is 13.9 Å². The number of carbonyl (C=O) groups excluding carboxylic acids is 1. The highest BCUT2D eigenvalue weighted by atomic mass is 19.1. The fourth-order valence-corrected chi connectivity index (χ4v) is 3.52. The molecule has 0 bridgehead atoms. The van der Waals surface area contributed by atoms with E-state index in [1.54, 1.807) is 12.1 Å². The molecule has 1 heterocycles. The van der Waals surface area contributed by atoms with Crippen molar-refractivity contribution in [2.45, 2.75) is 6.92 Å². The molecule has 0 atom stereocenters. The van der Waals surface area contributed by atoms with Crippen LogP contribution in [0.15, 0.2) is 72.8 Å². The summed E-state index contributed by atoms with van der Waals surface area (Å²) < 4.78 is 18.6.